The number of hydrogen-bond acceptors (Lipinski definition) is 3. The molecule has 0 atom stereocenters. The first-order chi connectivity index (χ1) is 8.08. The zero-order chi connectivity index (χ0) is 12.4. The van der Waals surface area contributed by atoms with Crippen LogP contribution in [-0.2, 0) is 51.3 Å². The summed E-state index contributed by atoms with van der Waals surface area (Å²) in [5.74, 6) is 0.210. The maximum absolute atomic E-state index is 12.0. The van der Waals surface area contributed by atoms with Gasteiger partial charge in [0.2, 0.25) is 0 Å². The van der Waals surface area contributed by atoms with E-state index < -0.39 is 0 Å². The summed E-state index contributed by atoms with van der Waals surface area (Å²) in [7, 11) is 0. The van der Waals surface area contributed by atoms with Crippen LogP contribution in [0.2, 0.25) is 0 Å². The second-order valence-electron chi connectivity index (χ2n) is 3.88. The van der Waals surface area contributed by atoms with Crippen LogP contribution in [0.25, 0.3) is 0 Å². The number of amides is 1. The third-order valence-corrected chi connectivity index (χ3v) is 2.44. The van der Waals surface area contributed by atoms with Crippen molar-refractivity contribution in [3.63, 3.8) is 0 Å². The fourth-order valence-electron chi connectivity index (χ4n) is 1.49. The van der Waals surface area contributed by atoms with E-state index >= 15 is 0 Å². The smallest absolute Gasteiger partial charge is 0.177 e. The Balaban J connectivity index is 0.00000162. The molecule has 0 saturated carbocycles. The van der Waals surface area contributed by atoms with E-state index in [-0.39, 0.29) is 57.2 Å². The second kappa shape index (κ2) is 8.01. The summed E-state index contributed by atoms with van der Waals surface area (Å²) in [4.78, 5) is 12.0. The number of nitrogens with one attached hydrogen (secondary N) is 1. The summed E-state index contributed by atoms with van der Waals surface area (Å²) in [6, 6.07) is 7.67. The number of aryl methyl sites for hydroxylation is 3. The Bertz CT molecular complexity index is 570. The molecule has 96 valence electrons. The molecule has 1 amide bonds. The van der Waals surface area contributed by atoms with Crippen molar-refractivity contribution in [3.05, 3.63) is 46.7 Å². The van der Waals surface area contributed by atoms with Gasteiger partial charge >= 0.3 is 0 Å². The van der Waals surface area contributed by atoms with E-state index in [1.54, 1.807) is 6.07 Å². The minimum Gasteiger partial charge on any atom is -0.362 e. The molecule has 1 N–H and O–H groups in total. The molecule has 6 heteroatoms. The minimum absolute atomic E-state index is 0. The van der Waals surface area contributed by atoms with Crippen LogP contribution >= 0.6 is 0 Å². The van der Waals surface area contributed by atoms with Crippen LogP contribution < -0.4 is 5.32 Å². The van der Waals surface area contributed by atoms with E-state index in [4.69, 9.17) is 4.52 Å². The van der Waals surface area contributed by atoms with Gasteiger partial charge in [0, 0.05) is 56.8 Å². The first-order valence-corrected chi connectivity index (χ1v) is 5.21. The predicted molar refractivity (Wildman–Crippen MR) is 62.8 cm³/mol. The molecule has 2 radical (unpaired) electrons. The second-order valence-corrected chi connectivity index (χ2v) is 3.88. The average molecular weight is 368 g/mol. The number of anilines is 1. The van der Waals surface area contributed by atoms with E-state index in [2.05, 4.69) is 22.6 Å². The Hall–Kier alpha value is -0.412. The molecule has 1 aromatic heterocycles. The van der Waals surface area contributed by atoms with Crippen LogP contribution in [0.1, 0.15) is 27.0 Å². The Morgan fingerprint density at radius 2 is 2.05 bits per heavy atom. The Labute approximate surface area is 149 Å². The van der Waals surface area contributed by atoms with Crippen molar-refractivity contribution in [3.8, 4) is 0 Å². The summed E-state index contributed by atoms with van der Waals surface area (Å²) in [6.07, 6.45) is 1.48. The van der Waals surface area contributed by atoms with Gasteiger partial charge < -0.3 is 22.0 Å². The van der Waals surface area contributed by atoms with Crippen molar-refractivity contribution in [1.82, 2.24) is 5.16 Å². The third-order valence-electron chi connectivity index (χ3n) is 2.44. The molecular weight excluding hydrogens is 356 g/mol. The molecule has 19 heavy (non-hydrogen) atoms. The average Bonchev–Trinajstić information content (AvgIpc) is 2.64. The van der Waals surface area contributed by atoms with Gasteiger partial charge in [0.05, 0.1) is 0 Å². The molecule has 0 saturated heterocycles. The molecule has 1 heterocycles. The van der Waals surface area contributed by atoms with Crippen molar-refractivity contribution >= 4 is 11.7 Å². The molecule has 0 spiro atoms. The van der Waals surface area contributed by atoms with Gasteiger partial charge in [-0.05, 0) is 6.92 Å². The maximum atomic E-state index is 12.0. The monoisotopic (exact) mass is 368 g/mol. The van der Waals surface area contributed by atoms with Gasteiger partial charge in [0.15, 0.2) is 5.82 Å². The molecule has 2 rings (SSSR count). The molecule has 0 unspecified atom stereocenters. The predicted octanol–water partition coefficient (Wildman–Crippen LogP) is 2.45. The zero-order valence-electron chi connectivity index (χ0n) is 10.9. The molecule has 0 aliphatic heterocycles. The fourth-order valence-corrected chi connectivity index (χ4v) is 1.49. The van der Waals surface area contributed by atoms with Crippen molar-refractivity contribution in [2.45, 2.75) is 20.8 Å². The quantitative estimate of drug-likeness (QED) is 0.829. The van der Waals surface area contributed by atoms with Crippen molar-refractivity contribution in [1.29, 1.82) is 0 Å². The summed E-state index contributed by atoms with van der Waals surface area (Å²) in [6.45, 7) is 5.54. The summed E-state index contributed by atoms with van der Waals surface area (Å²) >= 11 is 0. The van der Waals surface area contributed by atoms with Gasteiger partial charge in [-0.1, -0.05) is 19.0 Å². The van der Waals surface area contributed by atoms with Crippen LogP contribution in [0.15, 0.2) is 16.9 Å². The first kappa shape index (κ1) is 18.6. The number of aromatic nitrogens is 1. The van der Waals surface area contributed by atoms with Crippen LogP contribution in [0.3, 0.4) is 0 Å². The largest absolute Gasteiger partial charge is 0.362 e. The van der Waals surface area contributed by atoms with Gasteiger partial charge in [-0.3, -0.25) is 22.0 Å². The Kier molecular flexibility index (Phi) is 7.83. The topological polar surface area (TPSA) is 55.1 Å². The first-order valence-electron chi connectivity index (χ1n) is 5.21. The van der Waals surface area contributed by atoms with Crippen molar-refractivity contribution in [2.24, 2.45) is 0 Å². The molecular formula is C13H12N2O2VY-2. The Morgan fingerprint density at radius 3 is 2.58 bits per heavy atom. The van der Waals surface area contributed by atoms with Crippen LogP contribution in [-0.4, -0.2) is 11.1 Å². The van der Waals surface area contributed by atoms with Crippen molar-refractivity contribution in [2.75, 3.05) is 5.32 Å². The maximum Gasteiger partial charge on any atom is 0.177 e. The SMILES string of the molecule is Cc1[c-]cc(C(=O)Nc2nocc2C)c(C)[c-]1.[V].[Y]. The van der Waals surface area contributed by atoms with Crippen LogP contribution in [0, 0.1) is 32.9 Å². The summed E-state index contributed by atoms with van der Waals surface area (Å²) in [5, 5.41) is 6.38. The molecule has 0 fully saturated rings. The summed E-state index contributed by atoms with van der Waals surface area (Å²) in [5.41, 5.74) is 3.01. The van der Waals surface area contributed by atoms with E-state index in [0.29, 0.717) is 11.4 Å². The molecule has 0 aliphatic rings. The van der Waals surface area contributed by atoms with Crippen LogP contribution in [0.4, 0.5) is 5.82 Å². The number of nitrogens with zero attached hydrogens (tertiary/aromatic N) is 1. The number of benzene rings is 1. The molecule has 0 aliphatic carbocycles. The van der Waals surface area contributed by atoms with E-state index in [9.17, 15) is 4.79 Å². The van der Waals surface area contributed by atoms with Gasteiger partial charge in [-0.15, -0.1) is 0 Å². The number of carbonyl (C=O) groups excluding carboxylic acids is 1. The Morgan fingerprint density at radius 1 is 1.37 bits per heavy atom. The number of rotatable bonds is 2. The molecule has 2 aromatic rings. The fraction of sp³-hybridized carbons (Fsp3) is 0.231. The number of carbonyl (C=O) groups is 1. The molecule has 4 nitrogen and oxygen atoms in total. The van der Waals surface area contributed by atoms with E-state index in [1.807, 2.05) is 20.8 Å². The number of hydrogen-bond donors (Lipinski definition) is 1. The minimum atomic E-state index is -0.230. The van der Waals surface area contributed by atoms with Crippen molar-refractivity contribution < 1.29 is 60.6 Å². The zero-order valence-corrected chi connectivity index (χ0v) is 15.2. The standard InChI is InChI=1S/C13H12N2O2.V.Y/c1-8-4-5-11(9(2)6-8)13(16)14-12-10(3)7-17-15-12;;/h5,7H,1-3H3,(H,14,15,16);;/q-2;;. The van der Waals surface area contributed by atoms with Gasteiger partial charge in [0.1, 0.15) is 12.2 Å². The van der Waals surface area contributed by atoms with Gasteiger partial charge in [0.25, 0.3) is 0 Å². The van der Waals surface area contributed by atoms with Gasteiger partial charge in [-0.2, -0.15) is 5.56 Å². The summed E-state index contributed by atoms with van der Waals surface area (Å²) < 4.78 is 4.75. The normalized spacial score (nSPS) is 9.21. The third kappa shape index (κ3) is 4.57. The molecule has 1 aromatic carbocycles. The van der Waals surface area contributed by atoms with E-state index in [1.165, 1.54) is 6.26 Å². The molecule has 0 bridgehead atoms. The van der Waals surface area contributed by atoms with Gasteiger partial charge in [-0.25, -0.2) is 0 Å². The van der Waals surface area contributed by atoms with Crippen LogP contribution in [0.5, 0.6) is 0 Å². The van der Waals surface area contributed by atoms with E-state index in [0.717, 1.165) is 16.7 Å².